The predicted molar refractivity (Wildman–Crippen MR) is 89.7 cm³/mol. The first-order valence-electron chi connectivity index (χ1n) is 7.54. The highest BCUT2D eigenvalue weighted by Gasteiger charge is 2.46. The van der Waals surface area contributed by atoms with Gasteiger partial charge in [-0.1, -0.05) is 42.5 Å². The van der Waals surface area contributed by atoms with Crippen LogP contribution in [0.15, 0.2) is 59.6 Å². The summed E-state index contributed by atoms with van der Waals surface area (Å²) >= 11 is 0. The van der Waals surface area contributed by atoms with Gasteiger partial charge in [-0.25, -0.2) is 4.99 Å². The van der Waals surface area contributed by atoms with E-state index in [4.69, 9.17) is 9.73 Å². The molecule has 3 unspecified atom stereocenters. The summed E-state index contributed by atoms with van der Waals surface area (Å²) in [5.41, 5.74) is 3.57. The zero-order chi connectivity index (χ0) is 15.1. The van der Waals surface area contributed by atoms with Crippen LogP contribution in [0.3, 0.4) is 0 Å². The molecule has 112 valence electrons. The van der Waals surface area contributed by atoms with Crippen molar-refractivity contribution in [3.63, 3.8) is 0 Å². The Balaban J connectivity index is 1.79. The number of rotatable bonds is 1. The molecule has 2 aliphatic heterocycles. The predicted octanol–water partition coefficient (Wildman–Crippen LogP) is 3.09. The molecule has 2 aromatic rings. The summed E-state index contributed by atoms with van der Waals surface area (Å²) in [5, 5.41) is 3.54. The summed E-state index contributed by atoms with van der Waals surface area (Å²) in [5.74, 6) is 0.940. The minimum atomic E-state index is 0.0139. The molecular weight excluding hydrogens is 274 g/mol. The molecule has 0 radical (unpaired) electrons. The van der Waals surface area contributed by atoms with Crippen LogP contribution < -0.4 is 10.2 Å². The number of fused-ring (bicyclic) bond motifs is 2. The fraction of sp³-hybridized carbons (Fsp3) is 0.278. The molecule has 1 N–H and O–H groups in total. The molecule has 4 nitrogen and oxygen atoms in total. The van der Waals surface area contributed by atoms with Crippen LogP contribution in [0, 0.1) is 0 Å². The largest absolute Gasteiger partial charge is 0.484 e. The van der Waals surface area contributed by atoms with Crippen LogP contribution in [0.4, 0.5) is 11.4 Å². The van der Waals surface area contributed by atoms with E-state index in [2.05, 4.69) is 59.7 Å². The Morgan fingerprint density at radius 1 is 1.05 bits per heavy atom. The van der Waals surface area contributed by atoms with Crippen molar-refractivity contribution in [2.24, 2.45) is 4.99 Å². The summed E-state index contributed by atoms with van der Waals surface area (Å²) in [6, 6.07) is 19.0. The molecular formula is C18H19N3O. The van der Waals surface area contributed by atoms with E-state index in [-0.39, 0.29) is 18.1 Å². The average molecular weight is 293 g/mol. The van der Waals surface area contributed by atoms with Crippen LogP contribution in [0.1, 0.15) is 11.5 Å². The molecule has 0 saturated carbocycles. The minimum Gasteiger partial charge on any atom is -0.484 e. The number of hydrogen-bond acceptors (Lipinski definition) is 4. The maximum absolute atomic E-state index is 5.60. The lowest BCUT2D eigenvalue weighted by molar-refractivity contribution is 0.383. The van der Waals surface area contributed by atoms with Gasteiger partial charge in [0.1, 0.15) is 6.17 Å². The zero-order valence-corrected chi connectivity index (χ0v) is 12.7. The molecule has 2 aliphatic rings. The van der Waals surface area contributed by atoms with Gasteiger partial charge >= 0.3 is 0 Å². The van der Waals surface area contributed by atoms with Gasteiger partial charge in [0.15, 0.2) is 5.90 Å². The molecule has 0 fully saturated rings. The van der Waals surface area contributed by atoms with Crippen LogP contribution in [-0.4, -0.2) is 32.3 Å². The third-order valence-electron chi connectivity index (χ3n) is 4.60. The lowest BCUT2D eigenvalue weighted by atomic mass is 9.89. The number of methoxy groups -OCH3 is 1. The van der Waals surface area contributed by atoms with Crippen molar-refractivity contribution >= 4 is 17.3 Å². The van der Waals surface area contributed by atoms with Gasteiger partial charge in [0, 0.05) is 7.05 Å². The Kier molecular flexibility index (Phi) is 3.03. The number of nitrogens with zero attached hydrogens (tertiary/aromatic N) is 2. The van der Waals surface area contributed by atoms with E-state index in [1.54, 1.807) is 7.11 Å². The number of para-hydroxylation sites is 2. The Morgan fingerprint density at radius 2 is 1.77 bits per heavy atom. The molecule has 22 heavy (non-hydrogen) atoms. The maximum Gasteiger partial charge on any atom is 0.195 e. The summed E-state index contributed by atoms with van der Waals surface area (Å²) in [4.78, 5) is 7.10. The lowest BCUT2D eigenvalue weighted by Gasteiger charge is -2.40. The number of aliphatic imine (C=N–C) groups is 1. The first kappa shape index (κ1) is 13.2. The highest BCUT2D eigenvalue weighted by molar-refractivity contribution is 5.90. The van der Waals surface area contributed by atoms with Crippen molar-refractivity contribution in [1.29, 1.82) is 0 Å². The fourth-order valence-electron chi connectivity index (χ4n) is 3.58. The quantitative estimate of drug-likeness (QED) is 0.878. The van der Waals surface area contributed by atoms with E-state index in [1.807, 2.05) is 12.1 Å². The number of ether oxygens (including phenoxy) is 1. The van der Waals surface area contributed by atoms with Gasteiger partial charge in [0.25, 0.3) is 0 Å². The van der Waals surface area contributed by atoms with E-state index >= 15 is 0 Å². The molecule has 0 bridgehead atoms. The third kappa shape index (κ3) is 1.87. The zero-order valence-electron chi connectivity index (χ0n) is 12.7. The van der Waals surface area contributed by atoms with Crippen LogP contribution >= 0.6 is 0 Å². The molecule has 2 heterocycles. The van der Waals surface area contributed by atoms with Gasteiger partial charge in [-0.3, -0.25) is 0 Å². The van der Waals surface area contributed by atoms with Gasteiger partial charge in [-0.05, 0) is 17.7 Å². The number of benzene rings is 2. The summed E-state index contributed by atoms with van der Waals surface area (Å²) in [7, 11) is 3.85. The minimum absolute atomic E-state index is 0.0139. The normalized spacial score (nSPS) is 25.8. The number of anilines is 2. The standard InChI is InChI=1S/C18H19N3O/c1-21-14-11-7-6-10-13(14)19-17-16(21)15(18(20-17)22-2)12-8-4-3-5-9-12/h3-11,15-17,19H,1-2H3. The van der Waals surface area contributed by atoms with Crippen LogP contribution in [0.25, 0.3) is 0 Å². The van der Waals surface area contributed by atoms with E-state index in [1.165, 1.54) is 11.3 Å². The number of likely N-dealkylation sites (N-methyl/N-ethyl adjacent to an activating group) is 1. The third-order valence-corrected chi connectivity index (χ3v) is 4.60. The van der Waals surface area contributed by atoms with Crippen molar-refractivity contribution in [1.82, 2.24) is 0 Å². The molecule has 0 aliphatic carbocycles. The van der Waals surface area contributed by atoms with Gasteiger partial charge < -0.3 is 15.0 Å². The monoisotopic (exact) mass is 293 g/mol. The fourth-order valence-corrected chi connectivity index (χ4v) is 3.58. The Hall–Kier alpha value is -2.49. The van der Waals surface area contributed by atoms with Crippen LogP contribution in [0.2, 0.25) is 0 Å². The topological polar surface area (TPSA) is 36.9 Å². The molecule has 0 spiro atoms. The van der Waals surface area contributed by atoms with Crippen molar-refractivity contribution < 1.29 is 4.74 Å². The molecule has 2 aromatic carbocycles. The van der Waals surface area contributed by atoms with Crippen molar-refractivity contribution in [3.8, 4) is 0 Å². The molecule has 3 atom stereocenters. The Bertz CT molecular complexity index is 713. The number of nitrogens with one attached hydrogen (secondary N) is 1. The van der Waals surface area contributed by atoms with Crippen molar-refractivity contribution in [3.05, 3.63) is 60.2 Å². The van der Waals surface area contributed by atoms with Gasteiger partial charge in [-0.15, -0.1) is 0 Å². The van der Waals surface area contributed by atoms with E-state index in [9.17, 15) is 0 Å². The van der Waals surface area contributed by atoms with Crippen molar-refractivity contribution in [2.45, 2.75) is 18.1 Å². The Morgan fingerprint density at radius 3 is 2.55 bits per heavy atom. The second kappa shape index (κ2) is 5.05. The van der Waals surface area contributed by atoms with E-state index in [0.717, 1.165) is 11.6 Å². The summed E-state index contributed by atoms with van der Waals surface area (Å²) in [6.07, 6.45) is 0.0139. The highest BCUT2D eigenvalue weighted by atomic mass is 16.5. The molecule has 0 saturated heterocycles. The van der Waals surface area contributed by atoms with Crippen LogP contribution in [-0.2, 0) is 4.74 Å². The van der Waals surface area contributed by atoms with Crippen molar-refractivity contribution in [2.75, 3.05) is 24.4 Å². The van der Waals surface area contributed by atoms with Gasteiger partial charge in [0.05, 0.1) is 30.4 Å². The summed E-state index contributed by atoms with van der Waals surface area (Å²) < 4.78 is 5.60. The second-order valence-corrected chi connectivity index (χ2v) is 5.77. The second-order valence-electron chi connectivity index (χ2n) is 5.77. The summed E-state index contributed by atoms with van der Waals surface area (Å²) in [6.45, 7) is 0. The molecule has 4 rings (SSSR count). The van der Waals surface area contributed by atoms with Gasteiger partial charge in [0.2, 0.25) is 0 Å². The first-order valence-corrected chi connectivity index (χ1v) is 7.54. The van der Waals surface area contributed by atoms with E-state index in [0.29, 0.717) is 0 Å². The van der Waals surface area contributed by atoms with E-state index < -0.39 is 0 Å². The Labute approximate surface area is 130 Å². The molecule has 4 heteroatoms. The lowest BCUT2D eigenvalue weighted by Crippen LogP contribution is -2.49. The SMILES string of the molecule is COC1=NC2Nc3ccccc3N(C)C2C1c1ccccc1. The molecule has 0 amide bonds. The maximum atomic E-state index is 5.60. The first-order chi connectivity index (χ1) is 10.8. The number of hydrogen-bond donors (Lipinski definition) is 1. The molecule has 0 aromatic heterocycles. The van der Waals surface area contributed by atoms with Crippen LogP contribution in [0.5, 0.6) is 0 Å². The highest BCUT2D eigenvalue weighted by Crippen LogP contribution is 2.42. The average Bonchev–Trinajstić information content (AvgIpc) is 2.94. The smallest absolute Gasteiger partial charge is 0.195 e. The van der Waals surface area contributed by atoms with Gasteiger partial charge in [-0.2, -0.15) is 0 Å².